The fourth-order valence-corrected chi connectivity index (χ4v) is 4.87. The largest absolute Gasteiger partial charge is 0.380 e. The van der Waals surface area contributed by atoms with Gasteiger partial charge in [0.05, 0.1) is 36.6 Å². The summed E-state index contributed by atoms with van der Waals surface area (Å²) < 4.78 is 32.0. The lowest BCUT2D eigenvalue weighted by molar-refractivity contribution is -0.0688. The number of halogens is 1. The molecule has 160 valence electrons. The summed E-state index contributed by atoms with van der Waals surface area (Å²) in [4.78, 5) is 4.61. The van der Waals surface area contributed by atoms with Crippen LogP contribution in [-0.2, 0) is 14.2 Å². The van der Waals surface area contributed by atoms with Gasteiger partial charge in [0.2, 0.25) is 0 Å². The van der Waals surface area contributed by atoms with Crippen molar-refractivity contribution in [2.24, 2.45) is 0 Å². The predicted octanol–water partition coefficient (Wildman–Crippen LogP) is 3.12. The maximum Gasteiger partial charge on any atom is 0.114 e. The van der Waals surface area contributed by atoms with Gasteiger partial charge >= 0.3 is 0 Å². The van der Waals surface area contributed by atoms with Gasteiger partial charge in [-0.2, -0.15) is 0 Å². The van der Waals surface area contributed by atoms with Gasteiger partial charge in [0, 0.05) is 32.8 Å². The molecule has 2 heterocycles. The van der Waals surface area contributed by atoms with E-state index in [0.29, 0.717) is 13.0 Å². The highest BCUT2D eigenvalue weighted by Gasteiger charge is 2.40. The molecule has 2 aliphatic rings. The lowest BCUT2D eigenvalue weighted by Crippen LogP contribution is -2.48. The molecule has 0 saturated carbocycles. The number of alkyl halides is 1. The van der Waals surface area contributed by atoms with Crippen LogP contribution in [0.3, 0.4) is 0 Å². The SMILES string of the molecule is CO[C@@H]1CCN(CC[C@H](OC(C)C)[C@@H]2C[C@H](F)CN2C)[C@@H]1[C@H](C)OC(C)C. The number of nitrogens with zero attached hydrogens (tertiary/aromatic N) is 2. The average Bonchev–Trinajstić information content (AvgIpc) is 3.12. The highest BCUT2D eigenvalue weighted by molar-refractivity contribution is 4.94. The molecule has 5 nitrogen and oxygen atoms in total. The predicted molar refractivity (Wildman–Crippen MR) is 107 cm³/mol. The van der Waals surface area contributed by atoms with Crippen LogP contribution in [0.25, 0.3) is 0 Å². The second kappa shape index (κ2) is 10.5. The van der Waals surface area contributed by atoms with Crippen molar-refractivity contribution < 1.29 is 18.6 Å². The van der Waals surface area contributed by atoms with Crippen LogP contribution in [0.4, 0.5) is 4.39 Å². The highest BCUT2D eigenvalue weighted by Crippen LogP contribution is 2.29. The molecule has 0 aromatic rings. The number of rotatable bonds is 10. The Bertz CT molecular complexity index is 438. The van der Waals surface area contributed by atoms with Crippen molar-refractivity contribution in [3.8, 4) is 0 Å². The molecule has 0 bridgehead atoms. The first kappa shape index (κ1) is 23.0. The van der Waals surface area contributed by atoms with E-state index in [1.807, 2.05) is 7.05 Å². The second-order valence-electron chi connectivity index (χ2n) is 8.83. The Labute approximate surface area is 165 Å². The minimum atomic E-state index is -0.741. The molecule has 2 rings (SSSR count). The second-order valence-corrected chi connectivity index (χ2v) is 8.83. The molecule has 27 heavy (non-hydrogen) atoms. The minimum Gasteiger partial charge on any atom is -0.380 e. The van der Waals surface area contributed by atoms with Gasteiger partial charge in [-0.3, -0.25) is 9.80 Å². The summed E-state index contributed by atoms with van der Waals surface area (Å²) in [5, 5.41) is 0. The van der Waals surface area contributed by atoms with E-state index >= 15 is 0 Å². The van der Waals surface area contributed by atoms with E-state index in [1.54, 1.807) is 7.11 Å². The molecule has 0 radical (unpaired) electrons. The standard InChI is InChI=1S/C21H41FN2O3/c1-14(2)26-16(5)21-20(25-7)9-11-24(21)10-8-19(27-15(3)4)18-12-17(22)13-23(18)6/h14-21H,8-13H2,1-7H3/t16-,17-,18-,19-,20+,21+/m0/s1. The summed E-state index contributed by atoms with van der Waals surface area (Å²) in [7, 11) is 3.81. The van der Waals surface area contributed by atoms with Gasteiger partial charge in [0.15, 0.2) is 0 Å². The normalized spacial score (nSPS) is 32.7. The average molecular weight is 389 g/mol. The zero-order valence-electron chi connectivity index (χ0n) is 18.4. The van der Waals surface area contributed by atoms with E-state index < -0.39 is 6.17 Å². The monoisotopic (exact) mass is 388 g/mol. The van der Waals surface area contributed by atoms with Crippen LogP contribution in [0.5, 0.6) is 0 Å². The third-order valence-corrected chi connectivity index (χ3v) is 5.90. The van der Waals surface area contributed by atoms with E-state index in [0.717, 1.165) is 25.9 Å². The zero-order valence-corrected chi connectivity index (χ0v) is 18.4. The molecule has 0 N–H and O–H groups in total. The van der Waals surface area contributed by atoms with Gasteiger partial charge in [-0.25, -0.2) is 4.39 Å². The lowest BCUT2D eigenvalue weighted by Gasteiger charge is -2.36. The molecule has 0 spiro atoms. The Morgan fingerprint density at radius 3 is 2.26 bits per heavy atom. The first-order valence-electron chi connectivity index (χ1n) is 10.6. The maximum atomic E-state index is 13.9. The number of ether oxygens (including phenoxy) is 3. The first-order valence-corrected chi connectivity index (χ1v) is 10.6. The Hall–Kier alpha value is -0.270. The van der Waals surface area contributed by atoms with Crippen LogP contribution in [-0.4, -0.2) is 92.4 Å². The Morgan fingerprint density at radius 1 is 1.07 bits per heavy atom. The zero-order chi connectivity index (χ0) is 20.1. The molecule has 2 saturated heterocycles. The minimum absolute atomic E-state index is 0.0549. The van der Waals surface area contributed by atoms with Crippen LogP contribution in [0.2, 0.25) is 0 Å². The Morgan fingerprint density at radius 2 is 1.74 bits per heavy atom. The highest BCUT2D eigenvalue weighted by atomic mass is 19.1. The van der Waals surface area contributed by atoms with Crippen molar-refractivity contribution in [1.29, 1.82) is 0 Å². The molecular weight excluding hydrogens is 347 g/mol. The molecule has 0 aromatic carbocycles. The fraction of sp³-hybridized carbons (Fsp3) is 1.00. The van der Waals surface area contributed by atoms with E-state index in [4.69, 9.17) is 14.2 Å². The van der Waals surface area contributed by atoms with E-state index in [9.17, 15) is 4.39 Å². The molecule has 2 aliphatic heterocycles. The number of likely N-dealkylation sites (tertiary alicyclic amines) is 2. The van der Waals surface area contributed by atoms with E-state index in [2.05, 4.69) is 44.4 Å². The third-order valence-electron chi connectivity index (χ3n) is 5.90. The smallest absolute Gasteiger partial charge is 0.114 e. The summed E-state index contributed by atoms with van der Waals surface area (Å²) in [6, 6.07) is 0.415. The third kappa shape index (κ3) is 6.36. The van der Waals surface area contributed by atoms with Crippen LogP contribution < -0.4 is 0 Å². The summed E-state index contributed by atoms with van der Waals surface area (Å²) in [5.41, 5.74) is 0. The summed E-state index contributed by atoms with van der Waals surface area (Å²) in [6.45, 7) is 12.9. The van der Waals surface area contributed by atoms with Crippen LogP contribution in [0.1, 0.15) is 53.9 Å². The van der Waals surface area contributed by atoms with Crippen molar-refractivity contribution in [2.45, 2.75) is 103 Å². The van der Waals surface area contributed by atoms with Crippen molar-refractivity contribution in [3.63, 3.8) is 0 Å². The maximum absolute atomic E-state index is 13.9. The first-order chi connectivity index (χ1) is 12.7. The molecule has 6 atom stereocenters. The quantitative estimate of drug-likeness (QED) is 0.574. The number of methoxy groups -OCH3 is 1. The van der Waals surface area contributed by atoms with Gasteiger partial charge < -0.3 is 14.2 Å². The fourth-order valence-electron chi connectivity index (χ4n) is 4.87. The van der Waals surface area contributed by atoms with Gasteiger partial charge in [-0.15, -0.1) is 0 Å². The number of hydrogen-bond donors (Lipinski definition) is 0. The molecule has 2 fully saturated rings. The van der Waals surface area contributed by atoms with Crippen LogP contribution in [0.15, 0.2) is 0 Å². The van der Waals surface area contributed by atoms with Crippen LogP contribution in [0, 0.1) is 0 Å². The van der Waals surface area contributed by atoms with Gasteiger partial charge in [-0.1, -0.05) is 0 Å². The van der Waals surface area contributed by atoms with Crippen molar-refractivity contribution in [2.75, 3.05) is 33.8 Å². The number of hydrogen-bond acceptors (Lipinski definition) is 5. The van der Waals surface area contributed by atoms with Crippen molar-refractivity contribution in [1.82, 2.24) is 9.80 Å². The number of likely N-dealkylation sites (N-methyl/N-ethyl adjacent to an activating group) is 1. The van der Waals surface area contributed by atoms with Gasteiger partial charge in [0.25, 0.3) is 0 Å². The molecule has 0 unspecified atom stereocenters. The summed E-state index contributed by atoms with van der Waals surface area (Å²) >= 11 is 0. The van der Waals surface area contributed by atoms with Gasteiger partial charge in [0.1, 0.15) is 6.17 Å². The Kier molecular flexibility index (Phi) is 8.94. The molecular formula is C21H41FN2O3. The topological polar surface area (TPSA) is 34.2 Å². The Balaban J connectivity index is 2.01. The van der Waals surface area contributed by atoms with Gasteiger partial charge in [-0.05, 0) is 60.9 Å². The lowest BCUT2D eigenvalue weighted by atomic mass is 10.0. The molecule has 0 amide bonds. The van der Waals surface area contributed by atoms with Crippen molar-refractivity contribution >= 4 is 0 Å². The molecule has 0 aliphatic carbocycles. The summed E-state index contributed by atoms with van der Waals surface area (Å²) in [5.74, 6) is 0. The van der Waals surface area contributed by atoms with E-state index in [1.165, 1.54) is 0 Å². The summed E-state index contributed by atoms with van der Waals surface area (Å²) in [6.07, 6.45) is 2.48. The van der Waals surface area contributed by atoms with Crippen molar-refractivity contribution in [3.05, 3.63) is 0 Å². The van der Waals surface area contributed by atoms with Crippen LogP contribution >= 0.6 is 0 Å². The van der Waals surface area contributed by atoms with E-state index in [-0.39, 0.29) is 42.6 Å². The molecule has 6 heteroatoms. The molecule has 0 aromatic heterocycles.